The van der Waals surface area contributed by atoms with Gasteiger partial charge in [0.15, 0.2) is 0 Å². The van der Waals surface area contributed by atoms with E-state index in [9.17, 15) is 0 Å². The molecule has 0 amide bonds. The smallest absolute Gasteiger partial charge is 0.0589 e. The molecule has 1 fully saturated rings. The first-order chi connectivity index (χ1) is 9.10. The number of nitrogens with one attached hydrogen (secondary N) is 1. The van der Waals surface area contributed by atoms with Gasteiger partial charge in [-0.2, -0.15) is 0 Å². The second kappa shape index (κ2) is 8.87. The summed E-state index contributed by atoms with van der Waals surface area (Å²) in [6.45, 7) is 13.7. The second-order valence-electron chi connectivity index (χ2n) is 5.81. The third kappa shape index (κ3) is 6.19. The Bertz CT molecular complexity index is 223. The molecular formula is C14H31N3O2. The van der Waals surface area contributed by atoms with E-state index in [0.717, 1.165) is 59.0 Å². The predicted molar refractivity (Wildman–Crippen MR) is 78.7 cm³/mol. The lowest BCUT2D eigenvalue weighted by molar-refractivity contribution is 0.0415. The van der Waals surface area contributed by atoms with Crippen LogP contribution in [0, 0.1) is 0 Å². The Morgan fingerprint density at radius 3 is 2.05 bits per heavy atom. The molecule has 0 aromatic rings. The lowest BCUT2D eigenvalue weighted by Gasteiger charge is -2.43. The van der Waals surface area contributed by atoms with Crippen LogP contribution in [0.1, 0.15) is 13.8 Å². The van der Waals surface area contributed by atoms with E-state index >= 15 is 0 Å². The van der Waals surface area contributed by atoms with Crippen LogP contribution in [0.2, 0.25) is 0 Å². The van der Waals surface area contributed by atoms with Gasteiger partial charge in [-0.05, 0) is 13.8 Å². The summed E-state index contributed by atoms with van der Waals surface area (Å²) < 4.78 is 10.4. The van der Waals surface area contributed by atoms with Crippen molar-refractivity contribution in [3.63, 3.8) is 0 Å². The lowest BCUT2D eigenvalue weighted by Crippen LogP contribution is -2.58. The van der Waals surface area contributed by atoms with Crippen molar-refractivity contribution in [3.8, 4) is 0 Å². The summed E-state index contributed by atoms with van der Waals surface area (Å²) in [6.07, 6.45) is 0. The SMILES string of the molecule is COCCN(CCOC)CC(C)(C)N1CCNCC1. The van der Waals surface area contributed by atoms with Gasteiger partial charge in [0.1, 0.15) is 0 Å². The van der Waals surface area contributed by atoms with Crippen LogP contribution in [0.25, 0.3) is 0 Å². The standard InChI is InChI=1S/C14H31N3O2/c1-14(2,17-7-5-15-6-8-17)13-16(9-11-18-3)10-12-19-4/h15H,5-13H2,1-4H3. The Hall–Kier alpha value is -0.200. The monoisotopic (exact) mass is 273 g/mol. The van der Waals surface area contributed by atoms with Gasteiger partial charge in [-0.25, -0.2) is 0 Å². The van der Waals surface area contributed by atoms with Crippen LogP contribution >= 0.6 is 0 Å². The van der Waals surface area contributed by atoms with Crippen molar-refractivity contribution in [1.82, 2.24) is 15.1 Å². The molecule has 114 valence electrons. The Labute approximate surface area is 118 Å². The van der Waals surface area contributed by atoms with E-state index in [-0.39, 0.29) is 5.54 Å². The minimum absolute atomic E-state index is 0.198. The molecule has 0 radical (unpaired) electrons. The first kappa shape index (κ1) is 16.9. The molecule has 19 heavy (non-hydrogen) atoms. The van der Waals surface area contributed by atoms with E-state index in [2.05, 4.69) is 29.0 Å². The van der Waals surface area contributed by atoms with Gasteiger partial charge in [0.05, 0.1) is 13.2 Å². The zero-order valence-corrected chi connectivity index (χ0v) is 13.1. The number of piperazine rings is 1. The lowest BCUT2D eigenvalue weighted by atomic mass is 10.0. The highest BCUT2D eigenvalue weighted by molar-refractivity contribution is 4.87. The fourth-order valence-electron chi connectivity index (χ4n) is 2.63. The molecule has 0 atom stereocenters. The largest absolute Gasteiger partial charge is 0.383 e. The van der Waals surface area contributed by atoms with Gasteiger partial charge in [0, 0.05) is 65.6 Å². The summed E-state index contributed by atoms with van der Waals surface area (Å²) in [5.41, 5.74) is 0.198. The molecule has 0 bridgehead atoms. The quantitative estimate of drug-likeness (QED) is 0.652. The van der Waals surface area contributed by atoms with Crippen molar-refractivity contribution in [2.45, 2.75) is 19.4 Å². The van der Waals surface area contributed by atoms with Crippen molar-refractivity contribution in [2.75, 3.05) is 73.2 Å². The Balaban J connectivity index is 2.48. The molecule has 1 aliphatic rings. The molecule has 1 aliphatic heterocycles. The summed E-state index contributed by atoms with van der Waals surface area (Å²) in [5, 5.41) is 3.41. The first-order valence-corrected chi connectivity index (χ1v) is 7.26. The molecule has 0 aliphatic carbocycles. The average molecular weight is 273 g/mol. The molecule has 0 aromatic carbocycles. The van der Waals surface area contributed by atoms with Gasteiger partial charge in [0.2, 0.25) is 0 Å². The van der Waals surface area contributed by atoms with Crippen LogP contribution in [-0.2, 0) is 9.47 Å². The van der Waals surface area contributed by atoms with E-state index in [1.165, 1.54) is 0 Å². The molecule has 1 rings (SSSR count). The summed E-state index contributed by atoms with van der Waals surface area (Å²) in [6, 6.07) is 0. The summed E-state index contributed by atoms with van der Waals surface area (Å²) in [4.78, 5) is 5.02. The van der Waals surface area contributed by atoms with Crippen LogP contribution in [-0.4, -0.2) is 88.6 Å². The molecule has 0 aromatic heterocycles. The van der Waals surface area contributed by atoms with Crippen LogP contribution in [0.15, 0.2) is 0 Å². The van der Waals surface area contributed by atoms with Crippen LogP contribution < -0.4 is 5.32 Å². The molecule has 0 unspecified atom stereocenters. The first-order valence-electron chi connectivity index (χ1n) is 7.26. The van der Waals surface area contributed by atoms with E-state index in [1.54, 1.807) is 14.2 Å². The number of ether oxygens (including phenoxy) is 2. The third-order valence-electron chi connectivity index (χ3n) is 3.81. The number of methoxy groups -OCH3 is 2. The minimum atomic E-state index is 0.198. The maximum Gasteiger partial charge on any atom is 0.0589 e. The normalized spacial score (nSPS) is 18.2. The van der Waals surface area contributed by atoms with Crippen molar-refractivity contribution in [2.24, 2.45) is 0 Å². The number of hydrogen-bond acceptors (Lipinski definition) is 5. The maximum absolute atomic E-state index is 5.21. The Morgan fingerprint density at radius 1 is 1.05 bits per heavy atom. The van der Waals surface area contributed by atoms with E-state index < -0.39 is 0 Å². The maximum atomic E-state index is 5.21. The Morgan fingerprint density at radius 2 is 1.58 bits per heavy atom. The van der Waals surface area contributed by atoms with Gasteiger partial charge in [-0.15, -0.1) is 0 Å². The van der Waals surface area contributed by atoms with Gasteiger partial charge >= 0.3 is 0 Å². The van der Waals surface area contributed by atoms with Crippen molar-refractivity contribution in [3.05, 3.63) is 0 Å². The molecule has 0 saturated carbocycles. The van der Waals surface area contributed by atoms with Crippen LogP contribution in [0.3, 0.4) is 0 Å². The highest BCUT2D eigenvalue weighted by atomic mass is 16.5. The zero-order valence-electron chi connectivity index (χ0n) is 13.1. The van der Waals surface area contributed by atoms with Gasteiger partial charge in [-0.1, -0.05) is 0 Å². The topological polar surface area (TPSA) is 37.0 Å². The number of nitrogens with zero attached hydrogens (tertiary/aromatic N) is 2. The molecule has 5 heteroatoms. The van der Waals surface area contributed by atoms with Crippen molar-refractivity contribution < 1.29 is 9.47 Å². The van der Waals surface area contributed by atoms with Crippen molar-refractivity contribution in [1.29, 1.82) is 0 Å². The highest BCUT2D eigenvalue weighted by Crippen LogP contribution is 2.16. The zero-order chi connectivity index (χ0) is 14.1. The molecule has 1 saturated heterocycles. The van der Waals surface area contributed by atoms with Gasteiger partial charge in [0.25, 0.3) is 0 Å². The second-order valence-corrected chi connectivity index (χ2v) is 5.81. The van der Waals surface area contributed by atoms with Crippen LogP contribution in [0.5, 0.6) is 0 Å². The Kier molecular flexibility index (Phi) is 7.87. The fourth-order valence-corrected chi connectivity index (χ4v) is 2.63. The van der Waals surface area contributed by atoms with E-state index in [0.29, 0.717) is 0 Å². The van der Waals surface area contributed by atoms with Gasteiger partial charge < -0.3 is 14.8 Å². The fraction of sp³-hybridized carbons (Fsp3) is 1.00. The predicted octanol–water partition coefficient (Wildman–Crippen LogP) is 0.265. The van der Waals surface area contributed by atoms with Crippen LogP contribution in [0.4, 0.5) is 0 Å². The highest BCUT2D eigenvalue weighted by Gasteiger charge is 2.29. The average Bonchev–Trinajstić information content (AvgIpc) is 2.42. The van der Waals surface area contributed by atoms with E-state index in [1.807, 2.05) is 0 Å². The summed E-state index contributed by atoms with van der Waals surface area (Å²) >= 11 is 0. The molecule has 1 heterocycles. The minimum Gasteiger partial charge on any atom is -0.383 e. The van der Waals surface area contributed by atoms with E-state index in [4.69, 9.17) is 9.47 Å². The molecule has 5 nitrogen and oxygen atoms in total. The number of rotatable bonds is 9. The van der Waals surface area contributed by atoms with Gasteiger partial charge in [-0.3, -0.25) is 9.80 Å². The number of hydrogen-bond donors (Lipinski definition) is 1. The summed E-state index contributed by atoms with van der Waals surface area (Å²) in [7, 11) is 3.52. The molecular weight excluding hydrogens is 242 g/mol. The third-order valence-corrected chi connectivity index (χ3v) is 3.81. The molecule has 1 N–H and O–H groups in total. The van der Waals surface area contributed by atoms with Crippen molar-refractivity contribution >= 4 is 0 Å². The molecule has 0 spiro atoms. The summed E-state index contributed by atoms with van der Waals surface area (Å²) in [5.74, 6) is 0.